The van der Waals surface area contributed by atoms with Crippen LogP contribution >= 0.6 is 15.9 Å². The zero-order valence-corrected chi connectivity index (χ0v) is 18.7. The van der Waals surface area contributed by atoms with Gasteiger partial charge in [0.2, 0.25) is 0 Å². The van der Waals surface area contributed by atoms with Gasteiger partial charge in [-0.2, -0.15) is 0 Å². The SMILES string of the molecule is [CH3][Sn]([CH3])([CH3])[c]1ccc(Nc2ccc(OCCCCBr)cc2)cc1. The quantitative estimate of drug-likeness (QED) is 0.303. The molecule has 2 aromatic carbocycles. The van der Waals surface area contributed by atoms with Gasteiger partial charge in [-0.1, -0.05) is 15.9 Å². The second kappa shape index (κ2) is 8.97. The third-order valence-electron chi connectivity index (χ3n) is 3.69. The molecule has 0 aromatic heterocycles. The van der Waals surface area contributed by atoms with Gasteiger partial charge in [-0.25, -0.2) is 0 Å². The van der Waals surface area contributed by atoms with Crippen molar-refractivity contribution in [2.75, 3.05) is 17.3 Å². The molecule has 0 spiro atoms. The summed E-state index contributed by atoms with van der Waals surface area (Å²) in [7, 11) is 0. The van der Waals surface area contributed by atoms with E-state index in [1.165, 1.54) is 0 Å². The molecule has 0 bridgehead atoms. The maximum atomic E-state index is 5.72. The molecular formula is C19H26BrNOSn. The first-order chi connectivity index (χ1) is 11.0. The number of halogens is 1. The monoisotopic (exact) mass is 483 g/mol. The molecule has 0 aliphatic rings. The van der Waals surface area contributed by atoms with Crippen LogP contribution in [0.15, 0.2) is 48.5 Å². The van der Waals surface area contributed by atoms with Crippen LogP contribution in [-0.4, -0.2) is 30.3 Å². The summed E-state index contributed by atoms with van der Waals surface area (Å²) in [5, 5.41) is 4.49. The van der Waals surface area contributed by atoms with E-state index in [1.807, 2.05) is 12.1 Å². The van der Waals surface area contributed by atoms with Gasteiger partial charge in [0.15, 0.2) is 0 Å². The first kappa shape index (κ1) is 18.7. The van der Waals surface area contributed by atoms with Crippen molar-refractivity contribution in [3.05, 3.63) is 48.5 Å². The fourth-order valence-electron chi connectivity index (χ4n) is 2.24. The first-order valence-electron chi connectivity index (χ1n) is 8.15. The molecule has 23 heavy (non-hydrogen) atoms. The van der Waals surface area contributed by atoms with Crippen molar-refractivity contribution < 1.29 is 4.74 Å². The van der Waals surface area contributed by atoms with Crippen molar-refractivity contribution in [2.45, 2.75) is 27.7 Å². The molecule has 4 heteroatoms. The molecule has 0 saturated heterocycles. The van der Waals surface area contributed by atoms with Gasteiger partial charge < -0.3 is 0 Å². The molecule has 2 rings (SSSR count). The summed E-state index contributed by atoms with van der Waals surface area (Å²) in [6, 6.07) is 17.1. The Kier molecular flexibility index (Phi) is 7.28. The molecule has 2 aromatic rings. The molecule has 0 radical (unpaired) electrons. The van der Waals surface area contributed by atoms with Crippen LogP contribution in [0.25, 0.3) is 0 Å². The van der Waals surface area contributed by atoms with Gasteiger partial charge in [-0.15, -0.1) is 0 Å². The number of benzene rings is 2. The van der Waals surface area contributed by atoms with Crippen LogP contribution in [-0.2, 0) is 0 Å². The van der Waals surface area contributed by atoms with Gasteiger partial charge in [-0.3, -0.25) is 0 Å². The van der Waals surface area contributed by atoms with E-state index in [0.717, 1.165) is 41.9 Å². The third-order valence-corrected chi connectivity index (χ3v) is 10.1. The first-order valence-corrected chi connectivity index (χ1v) is 19.3. The predicted molar refractivity (Wildman–Crippen MR) is 108 cm³/mol. The molecular weight excluding hydrogens is 457 g/mol. The van der Waals surface area contributed by atoms with E-state index in [1.54, 1.807) is 3.58 Å². The third kappa shape index (κ3) is 6.38. The van der Waals surface area contributed by atoms with Crippen molar-refractivity contribution in [3.8, 4) is 5.75 Å². The molecule has 0 aliphatic heterocycles. The summed E-state index contributed by atoms with van der Waals surface area (Å²) in [4.78, 5) is 7.31. The number of ether oxygens (including phenoxy) is 1. The molecule has 0 atom stereocenters. The summed E-state index contributed by atoms with van der Waals surface area (Å²) in [6.45, 7) is 0.776. The van der Waals surface area contributed by atoms with Crippen molar-refractivity contribution in [3.63, 3.8) is 0 Å². The second-order valence-corrected chi connectivity index (χ2v) is 22.0. The van der Waals surface area contributed by atoms with E-state index in [4.69, 9.17) is 4.74 Å². The minimum atomic E-state index is -1.94. The Morgan fingerprint density at radius 2 is 1.43 bits per heavy atom. The van der Waals surface area contributed by atoms with E-state index in [-0.39, 0.29) is 0 Å². The molecule has 0 fully saturated rings. The van der Waals surface area contributed by atoms with E-state index < -0.39 is 18.4 Å². The van der Waals surface area contributed by atoms with Gasteiger partial charge in [0.1, 0.15) is 0 Å². The molecule has 124 valence electrons. The average molecular weight is 483 g/mol. The fraction of sp³-hybridized carbons (Fsp3) is 0.368. The maximum absolute atomic E-state index is 5.72. The summed E-state index contributed by atoms with van der Waals surface area (Å²) in [5.41, 5.74) is 2.22. The molecule has 0 saturated carbocycles. The van der Waals surface area contributed by atoms with Crippen molar-refractivity contribution in [2.24, 2.45) is 0 Å². The normalized spacial score (nSPS) is 11.3. The van der Waals surface area contributed by atoms with Gasteiger partial charge in [0.25, 0.3) is 0 Å². The Labute approximate surface area is 152 Å². The minimum absolute atomic E-state index is 0.776. The molecule has 0 aliphatic carbocycles. The Hall–Kier alpha value is -0.681. The molecule has 0 heterocycles. The fourth-order valence-corrected chi connectivity index (χ4v) is 5.97. The number of anilines is 2. The molecule has 2 nitrogen and oxygen atoms in total. The van der Waals surface area contributed by atoms with Crippen LogP contribution < -0.4 is 13.6 Å². The number of alkyl halides is 1. The van der Waals surface area contributed by atoms with Crippen LogP contribution in [0.3, 0.4) is 0 Å². The van der Waals surface area contributed by atoms with Gasteiger partial charge in [0.05, 0.1) is 0 Å². The second-order valence-electron chi connectivity index (χ2n) is 6.72. The van der Waals surface area contributed by atoms with Crippen molar-refractivity contribution >= 4 is 49.3 Å². The molecule has 0 amide bonds. The summed E-state index contributed by atoms with van der Waals surface area (Å²) < 4.78 is 7.28. The Morgan fingerprint density at radius 1 is 0.870 bits per heavy atom. The zero-order valence-electron chi connectivity index (χ0n) is 14.2. The van der Waals surface area contributed by atoms with Gasteiger partial charge in [0, 0.05) is 5.33 Å². The average Bonchev–Trinajstić information content (AvgIpc) is 2.53. The Bertz CT molecular complexity index is 590. The predicted octanol–water partition coefficient (Wildman–Crippen LogP) is 5.53. The summed E-state index contributed by atoms with van der Waals surface area (Å²) >= 11 is 1.49. The standard InChI is InChI=1S/C16H17BrNO.3CH3.Sn/c17-12-4-5-13-19-16-10-8-15(9-11-16)18-14-6-2-1-3-7-14;;;;/h2-3,6-11,18H,4-5,12-13H2;3*1H3;. The number of hydrogen-bond acceptors (Lipinski definition) is 2. The van der Waals surface area contributed by atoms with Crippen LogP contribution in [0.4, 0.5) is 11.4 Å². The van der Waals surface area contributed by atoms with E-state index in [2.05, 4.69) is 72.5 Å². The number of hydrogen-bond donors (Lipinski definition) is 1. The van der Waals surface area contributed by atoms with Crippen LogP contribution in [0.2, 0.25) is 14.8 Å². The van der Waals surface area contributed by atoms with E-state index in [9.17, 15) is 0 Å². The van der Waals surface area contributed by atoms with Crippen LogP contribution in [0.1, 0.15) is 12.8 Å². The van der Waals surface area contributed by atoms with E-state index >= 15 is 0 Å². The summed E-state index contributed by atoms with van der Waals surface area (Å²) in [6.07, 6.45) is 2.23. The van der Waals surface area contributed by atoms with Crippen LogP contribution in [0.5, 0.6) is 5.75 Å². The number of rotatable bonds is 8. The Balaban J connectivity index is 1.90. The van der Waals surface area contributed by atoms with Crippen LogP contribution in [0, 0.1) is 0 Å². The van der Waals surface area contributed by atoms with Gasteiger partial charge in [-0.05, 0) is 6.42 Å². The van der Waals surface area contributed by atoms with E-state index in [0.29, 0.717) is 0 Å². The summed E-state index contributed by atoms with van der Waals surface area (Å²) in [5.74, 6) is 0.933. The molecule has 1 N–H and O–H groups in total. The van der Waals surface area contributed by atoms with Gasteiger partial charge >= 0.3 is 126 Å². The van der Waals surface area contributed by atoms with Crippen molar-refractivity contribution in [1.82, 2.24) is 0 Å². The number of unbranched alkanes of at least 4 members (excludes halogenated alkanes) is 1. The topological polar surface area (TPSA) is 21.3 Å². The molecule has 0 unspecified atom stereocenters. The Morgan fingerprint density at radius 3 is 1.96 bits per heavy atom. The number of nitrogens with one attached hydrogen (secondary N) is 1. The zero-order chi connectivity index (χ0) is 16.7. The van der Waals surface area contributed by atoms with Crippen molar-refractivity contribution in [1.29, 1.82) is 0 Å².